The van der Waals surface area contributed by atoms with Crippen molar-refractivity contribution < 1.29 is 4.74 Å². The van der Waals surface area contributed by atoms with Crippen molar-refractivity contribution in [3.8, 4) is 5.75 Å². The fraction of sp³-hybridized carbons (Fsp3) is 0.625. The van der Waals surface area contributed by atoms with E-state index in [4.69, 9.17) is 4.74 Å². The lowest BCUT2D eigenvalue weighted by Gasteiger charge is -2.26. The van der Waals surface area contributed by atoms with Crippen LogP contribution in [-0.2, 0) is 6.54 Å². The smallest absolute Gasteiger partial charge is 0.126 e. The van der Waals surface area contributed by atoms with Crippen molar-refractivity contribution in [3.63, 3.8) is 0 Å². The second-order valence-corrected chi connectivity index (χ2v) is 6.77. The van der Waals surface area contributed by atoms with Crippen molar-refractivity contribution in [2.45, 2.75) is 52.6 Å². The summed E-state index contributed by atoms with van der Waals surface area (Å²) in [6, 6.07) is 4.78. The first-order chi connectivity index (χ1) is 9.06. The van der Waals surface area contributed by atoms with E-state index in [1.54, 1.807) is 0 Å². The Morgan fingerprint density at radius 2 is 2.11 bits per heavy atom. The summed E-state index contributed by atoms with van der Waals surface area (Å²) < 4.78 is 7.22. The molecule has 1 aliphatic rings. The Balaban J connectivity index is 2.08. The maximum absolute atomic E-state index is 6.10. The molecule has 0 atom stereocenters. The molecule has 1 aromatic carbocycles. The van der Waals surface area contributed by atoms with E-state index >= 15 is 0 Å². The molecule has 1 saturated carbocycles. The van der Waals surface area contributed by atoms with Crippen molar-refractivity contribution in [1.29, 1.82) is 0 Å². The normalized spacial score (nSPS) is 15.6. The Labute approximate surface area is 125 Å². The fourth-order valence-electron chi connectivity index (χ4n) is 2.31. The Morgan fingerprint density at radius 1 is 1.37 bits per heavy atom. The average molecular weight is 326 g/mol. The highest BCUT2D eigenvalue weighted by Gasteiger charge is 2.19. The van der Waals surface area contributed by atoms with Gasteiger partial charge in [-0.2, -0.15) is 0 Å². The Bertz CT molecular complexity index is 427. The van der Waals surface area contributed by atoms with Crippen LogP contribution < -0.4 is 10.1 Å². The third-order valence-electron chi connectivity index (χ3n) is 3.71. The highest BCUT2D eigenvalue weighted by molar-refractivity contribution is 9.10. The van der Waals surface area contributed by atoms with E-state index in [2.05, 4.69) is 54.2 Å². The number of hydrogen-bond donors (Lipinski definition) is 1. The number of hydrogen-bond acceptors (Lipinski definition) is 2. The zero-order chi connectivity index (χ0) is 13.8. The lowest BCUT2D eigenvalue weighted by molar-refractivity contribution is 0.178. The van der Waals surface area contributed by atoms with Crippen LogP contribution in [0.2, 0.25) is 0 Å². The minimum Gasteiger partial charge on any atom is -0.493 e. The second kappa shape index (κ2) is 6.76. The predicted octanol–water partition coefficient (Wildman–Crippen LogP) is 4.43. The van der Waals surface area contributed by atoms with Gasteiger partial charge in [0.1, 0.15) is 5.75 Å². The van der Waals surface area contributed by atoms with Crippen molar-refractivity contribution in [1.82, 2.24) is 5.32 Å². The van der Waals surface area contributed by atoms with Crippen LogP contribution in [0.4, 0.5) is 0 Å². The van der Waals surface area contributed by atoms with E-state index in [1.165, 1.54) is 30.4 Å². The van der Waals surface area contributed by atoms with Crippen LogP contribution in [0.15, 0.2) is 16.6 Å². The van der Waals surface area contributed by atoms with Gasteiger partial charge in [-0.05, 0) is 43.4 Å². The van der Waals surface area contributed by atoms with Crippen LogP contribution in [-0.4, -0.2) is 12.6 Å². The van der Waals surface area contributed by atoms with Gasteiger partial charge in [0.2, 0.25) is 0 Å². The topological polar surface area (TPSA) is 21.3 Å². The molecule has 1 fully saturated rings. The summed E-state index contributed by atoms with van der Waals surface area (Å²) in [5.74, 6) is 1.84. The van der Waals surface area contributed by atoms with Gasteiger partial charge < -0.3 is 10.1 Å². The van der Waals surface area contributed by atoms with Crippen LogP contribution in [0, 0.1) is 12.8 Å². The van der Waals surface area contributed by atoms with Gasteiger partial charge >= 0.3 is 0 Å². The highest BCUT2D eigenvalue weighted by Crippen LogP contribution is 2.31. The molecule has 0 aromatic heterocycles. The molecule has 0 radical (unpaired) electrons. The van der Waals surface area contributed by atoms with Crippen LogP contribution in [0.3, 0.4) is 0 Å². The molecule has 3 heteroatoms. The number of nitrogens with one attached hydrogen (secondary N) is 1. The van der Waals surface area contributed by atoms with Gasteiger partial charge in [0.25, 0.3) is 0 Å². The number of ether oxygens (including phenoxy) is 1. The molecule has 0 heterocycles. The summed E-state index contributed by atoms with van der Waals surface area (Å²) >= 11 is 3.58. The van der Waals surface area contributed by atoms with Gasteiger partial charge in [-0.3, -0.25) is 0 Å². The van der Waals surface area contributed by atoms with E-state index in [0.717, 1.165) is 29.3 Å². The first-order valence-corrected chi connectivity index (χ1v) is 8.00. The van der Waals surface area contributed by atoms with Crippen LogP contribution in [0.5, 0.6) is 5.75 Å². The van der Waals surface area contributed by atoms with Crippen molar-refractivity contribution in [2.24, 2.45) is 5.92 Å². The minimum absolute atomic E-state index is 0.485. The average Bonchev–Trinajstić information content (AvgIpc) is 2.26. The number of aryl methyl sites for hydroxylation is 1. The maximum atomic E-state index is 6.10. The van der Waals surface area contributed by atoms with Gasteiger partial charge in [0.05, 0.1) is 6.61 Å². The summed E-state index contributed by atoms with van der Waals surface area (Å²) in [6.07, 6.45) is 4.03. The third-order valence-corrected chi connectivity index (χ3v) is 4.16. The van der Waals surface area contributed by atoms with Crippen LogP contribution in [0.1, 0.15) is 44.2 Å². The van der Waals surface area contributed by atoms with E-state index < -0.39 is 0 Å². The molecule has 0 saturated heterocycles. The largest absolute Gasteiger partial charge is 0.493 e. The monoisotopic (exact) mass is 325 g/mol. The Kier molecular flexibility index (Phi) is 5.28. The van der Waals surface area contributed by atoms with E-state index in [9.17, 15) is 0 Å². The van der Waals surface area contributed by atoms with Gasteiger partial charge in [0, 0.05) is 22.6 Å². The third kappa shape index (κ3) is 4.22. The minimum atomic E-state index is 0.485. The molecular formula is C16H24BrNO. The lowest BCUT2D eigenvalue weighted by Crippen LogP contribution is -2.23. The maximum Gasteiger partial charge on any atom is 0.126 e. The predicted molar refractivity (Wildman–Crippen MR) is 83.7 cm³/mol. The van der Waals surface area contributed by atoms with Crippen molar-refractivity contribution >= 4 is 15.9 Å². The van der Waals surface area contributed by atoms with Gasteiger partial charge in [-0.25, -0.2) is 0 Å². The van der Waals surface area contributed by atoms with E-state index in [0.29, 0.717) is 6.04 Å². The zero-order valence-electron chi connectivity index (χ0n) is 12.1. The van der Waals surface area contributed by atoms with E-state index in [1.807, 2.05) is 0 Å². The lowest BCUT2D eigenvalue weighted by atomic mass is 9.86. The summed E-state index contributed by atoms with van der Waals surface area (Å²) in [6.45, 7) is 8.19. The molecule has 1 N–H and O–H groups in total. The molecule has 1 aliphatic carbocycles. The van der Waals surface area contributed by atoms with Crippen LogP contribution in [0.25, 0.3) is 0 Å². The Morgan fingerprint density at radius 3 is 2.68 bits per heavy atom. The SMILES string of the molecule is Cc1cc(Br)cc(CNC(C)C)c1OCC1CCC1. The molecule has 0 bridgehead atoms. The highest BCUT2D eigenvalue weighted by atomic mass is 79.9. The van der Waals surface area contributed by atoms with Gasteiger partial charge in [0.15, 0.2) is 0 Å². The number of halogens is 1. The van der Waals surface area contributed by atoms with Gasteiger partial charge in [-0.1, -0.05) is 36.2 Å². The molecular weight excluding hydrogens is 302 g/mol. The second-order valence-electron chi connectivity index (χ2n) is 5.85. The van der Waals surface area contributed by atoms with Crippen molar-refractivity contribution in [3.05, 3.63) is 27.7 Å². The molecule has 106 valence electrons. The van der Waals surface area contributed by atoms with Crippen molar-refractivity contribution in [2.75, 3.05) is 6.61 Å². The van der Waals surface area contributed by atoms with Gasteiger partial charge in [-0.15, -0.1) is 0 Å². The Hall–Kier alpha value is -0.540. The molecule has 0 aliphatic heterocycles. The van der Waals surface area contributed by atoms with Crippen LogP contribution >= 0.6 is 15.9 Å². The molecule has 0 unspecified atom stereocenters. The first kappa shape index (κ1) is 14.9. The molecule has 19 heavy (non-hydrogen) atoms. The quantitative estimate of drug-likeness (QED) is 0.835. The number of benzene rings is 1. The molecule has 2 rings (SSSR count). The summed E-state index contributed by atoms with van der Waals surface area (Å²) in [5.41, 5.74) is 2.47. The molecule has 0 spiro atoms. The molecule has 1 aromatic rings. The summed E-state index contributed by atoms with van der Waals surface area (Å²) in [7, 11) is 0. The summed E-state index contributed by atoms with van der Waals surface area (Å²) in [4.78, 5) is 0. The molecule has 0 amide bonds. The zero-order valence-corrected chi connectivity index (χ0v) is 13.7. The standard InChI is InChI=1S/C16H24BrNO/c1-11(2)18-9-14-8-15(17)7-12(3)16(14)19-10-13-5-4-6-13/h7-8,11,13,18H,4-6,9-10H2,1-3H3. The molecule has 2 nitrogen and oxygen atoms in total. The fourth-order valence-corrected chi connectivity index (χ4v) is 2.93. The summed E-state index contributed by atoms with van der Waals surface area (Å²) in [5, 5.41) is 3.47. The first-order valence-electron chi connectivity index (χ1n) is 7.21. The van der Waals surface area contributed by atoms with E-state index in [-0.39, 0.29) is 0 Å². The number of rotatable bonds is 6.